The molecule has 2 aromatic carbocycles. The number of nitrogens with zero attached hydrogens (tertiary/aromatic N) is 1. The second kappa shape index (κ2) is 21.1. The van der Waals surface area contributed by atoms with Gasteiger partial charge < -0.3 is 44.7 Å². The van der Waals surface area contributed by atoms with E-state index in [9.17, 15) is 28.2 Å². The van der Waals surface area contributed by atoms with Crippen LogP contribution < -0.4 is 15.4 Å². The molecule has 0 fully saturated rings. The van der Waals surface area contributed by atoms with E-state index in [1.54, 1.807) is 31.2 Å². The number of likely N-dealkylation sites (N-methyl/N-ethyl adjacent to an activating group) is 1. The number of benzene rings is 2. The van der Waals surface area contributed by atoms with Gasteiger partial charge in [-0.3, -0.25) is 9.59 Å². The Morgan fingerprint density at radius 2 is 1.45 bits per heavy atom. The van der Waals surface area contributed by atoms with Crippen molar-refractivity contribution in [1.82, 2.24) is 20.3 Å². The molecule has 17 heteroatoms. The summed E-state index contributed by atoms with van der Waals surface area (Å²) in [6, 6.07) is 10.5. The third kappa shape index (κ3) is 13.3. The molecule has 3 atom stereocenters. The molecule has 14 nitrogen and oxygen atoms in total. The number of fused-ring (bicyclic) bond motifs is 1. The number of rotatable bonds is 22. The minimum atomic E-state index is -3.78. The Hall–Kier alpha value is -2.41. The SMILES string of the molecule is CCOCCNC(=O)[C@@H](O)[C@H](O)C(=O)NCCOCCOCCOCCNS(=O)(=O)c1cccc([C@@H]2CN(C)Cc3c(Cl)cc(Cl)cc32)c1. The number of carbonyl (C=O) groups excluding carboxylic acids is 2. The molecule has 1 heterocycles. The molecule has 2 aromatic rings. The maximum absolute atomic E-state index is 13.0. The van der Waals surface area contributed by atoms with Crippen molar-refractivity contribution in [3.63, 3.8) is 0 Å². The zero-order valence-corrected chi connectivity index (χ0v) is 30.0. The lowest BCUT2D eigenvalue weighted by molar-refractivity contribution is -0.146. The van der Waals surface area contributed by atoms with Crippen LogP contribution in [0.2, 0.25) is 10.0 Å². The Kier molecular flexibility index (Phi) is 17.6. The molecule has 0 saturated carbocycles. The van der Waals surface area contributed by atoms with E-state index in [0.717, 1.165) is 16.7 Å². The minimum absolute atomic E-state index is 0.0491. The molecule has 5 N–H and O–H groups in total. The quantitative estimate of drug-likeness (QED) is 0.108. The number of hydrogen-bond donors (Lipinski definition) is 5. The molecule has 0 spiro atoms. The molecule has 1 aliphatic rings. The molecular weight excluding hydrogens is 703 g/mol. The van der Waals surface area contributed by atoms with Crippen LogP contribution in [-0.4, -0.2) is 134 Å². The van der Waals surface area contributed by atoms with Crippen molar-refractivity contribution in [1.29, 1.82) is 0 Å². The number of carbonyl (C=O) groups is 2. The lowest BCUT2D eigenvalue weighted by atomic mass is 9.85. The van der Waals surface area contributed by atoms with Crippen molar-refractivity contribution in [3.8, 4) is 0 Å². The first-order chi connectivity index (χ1) is 23.4. The van der Waals surface area contributed by atoms with Crippen molar-refractivity contribution in [2.45, 2.75) is 36.5 Å². The standard InChI is InChI=1S/C32H46Cl2N4O10S/c1-3-45-10-7-35-31(41)29(39)30(40)32(42)36-8-11-46-13-15-48-16-14-47-12-9-37-49(43,44)24-6-4-5-22(17-24)26-20-38(2)21-27-25(26)18-23(33)19-28(27)34/h4-6,17-19,26,29-30,37,39-40H,3,7-16,20-21H2,1-2H3,(H,35,41)(H,36,42)/t26-,29-,30-/m0/s1. The van der Waals surface area contributed by atoms with E-state index in [1.807, 2.05) is 19.2 Å². The second-order valence-electron chi connectivity index (χ2n) is 11.2. The van der Waals surface area contributed by atoms with Gasteiger partial charge in [0.1, 0.15) is 0 Å². The summed E-state index contributed by atoms with van der Waals surface area (Å²) >= 11 is 12.8. The predicted molar refractivity (Wildman–Crippen MR) is 183 cm³/mol. The summed E-state index contributed by atoms with van der Waals surface area (Å²) in [7, 11) is -1.79. The lowest BCUT2D eigenvalue weighted by Gasteiger charge is -2.33. The van der Waals surface area contributed by atoms with Crippen LogP contribution in [0.15, 0.2) is 41.3 Å². The molecule has 1 aliphatic heterocycles. The fraction of sp³-hybridized carbons (Fsp3) is 0.562. The maximum Gasteiger partial charge on any atom is 0.252 e. The number of aliphatic hydroxyl groups is 2. The van der Waals surface area contributed by atoms with E-state index in [4.69, 9.17) is 42.1 Å². The van der Waals surface area contributed by atoms with E-state index in [-0.39, 0.29) is 76.7 Å². The fourth-order valence-electron chi connectivity index (χ4n) is 5.04. The molecule has 0 unspecified atom stereocenters. The number of amides is 2. The summed E-state index contributed by atoms with van der Waals surface area (Å²) < 4.78 is 49.9. The van der Waals surface area contributed by atoms with Crippen LogP contribution in [0.5, 0.6) is 0 Å². The van der Waals surface area contributed by atoms with Gasteiger partial charge in [0.05, 0.1) is 51.1 Å². The summed E-state index contributed by atoms with van der Waals surface area (Å²) in [4.78, 5) is 26.0. The monoisotopic (exact) mass is 748 g/mol. The third-order valence-corrected chi connectivity index (χ3v) is 9.49. The van der Waals surface area contributed by atoms with E-state index in [1.165, 1.54) is 0 Å². The maximum atomic E-state index is 13.0. The summed E-state index contributed by atoms with van der Waals surface area (Å²) in [5.41, 5.74) is 2.83. The van der Waals surface area contributed by atoms with Crippen LogP contribution in [0, 0.1) is 0 Å². The van der Waals surface area contributed by atoms with Crippen LogP contribution >= 0.6 is 23.2 Å². The highest BCUT2D eigenvalue weighted by Gasteiger charge is 2.30. The van der Waals surface area contributed by atoms with Gasteiger partial charge >= 0.3 is 0 Å². The predicted octanol–water partition coefficient (Wildman–Crippen LogP) is 0.890. The molecule has 2 amide bonds. The average molecular weight is 750 g/mol. The van der Waals surface area contributed by atoms with Gasteiger partial charge in [0, 0.05) is 55.3 Å². The Bertz CT molecular complexity index is 1470. The first-order valence-electron chi connectivity index (χ1n) is 15.9. The summed E-state index contributed by atoms with van der Waals surface area (Å²) in [5, 5.41) is 25.6. The van der Waals surface area contributed by atoms with Crippen molar-refractivity contribution < 1.29 is 47.2 Å². The van der Waals surface area contributed by atoms with E-state index in [2.05, 4.69) is 20.3 Å². The smallest absolute Gasteiger partial charge is 0.252 e. The first-order valence-corrected chi connectivity index (χ1v) is 18.2. The molecule has 0 aliphatic carbocycles. The Labute approximate surface area is 297 Å². The highest BCUT2D eigenvalue weighted by Crippen LogP contribution is 2.38. The number of sulfonamides is 1. The van der Waals surface area contributed by atoms with Crippen molar-refractivity contribution >= 4 is 45.0 Å². The number of aliphatic hydroxyl groups excluding tert-OH is 2. The molecule has 3 rings (SSSR count). The molecule has 0 radical (unpaired) electrons. The highest BCUT2D eigenvalue weighted by molar-refractivity contribution is 7.89. The van der Waals surface area contributed by atoms with Gasteiger partial charge in [-0.25, -0.2) is 13.1 Å². The number of halogens is 2. The number of nitrogens with one attached hydrogen (secondary N) is 3. The van der Waals surface area contributed by atoms with Gasteiger partial charge in [-0.15, -0.1) is 0 Å². The summed E-state index contributed by atoms with van der Waals surface area (Å²) in [6.45, 7) is 5.40. The zero-order chi connectivity index (χ0) is 35.8. The van der Waals surface area contributed by atoms with E-state index in [0.29, 0.717) is 29.7 Å². The van der Waals surface area contributed by atoms with Gasteiger partial charge in [0.25, 0.3) is 11.8 Å². The van der Waals surface area contributed by atoms with Crippen LogP contribution in [0.4, 0.5) is 0 Å². The summed E-state index contributed by atoms with van der Waals surface area (Å²) in [6.07, 6.45) is -3.84. The number of ether oxygens (including phenoxy) is 4. The van der Waals surface area contributed by atoms with Crippen molar-refractivity contribution in [2.75, 3.05) is 86.1 Å². The van der Waals surface area contributed by atoms with Gasteiger partial charge in [-0.1, -0.05) is 35.3 Å². The van der Waals surface area contributed by atoms with Gasteiger partial charge in [0.2, 0.25) is 10.0 Å². The third-order valence-electron chi connectivity index (χ3n) is 7.48. The Morgan fingerprint density at radius 3 is 2.06 bits per heavy atom. The average Bonchev–Trinajstić information content (AvgIpc) is 3.08. The molecule has 0 aromatic heterocycles. The van der Waals surface area contributed by atoms with Crippen molar-refractivity contribution in [3.05, 3.63) is 63.1 Å². The first kappa shape index (κ1) is 41.0. The molecule has 0 saturated heterocycles. The van der Waals surface area contributed by atoms with Crippen LogP contribution in [-0.2, 0) is 45.1 Å². The summed E-state index contributed by atoms with van der Waals surface area (Å²) in [5.74, 6) is -1.88. The normalized spacial score (nSPS) is 16.2. The van der Waals surface area contributed by atoms with Gasteiger partial charge in [0.15, 0.2) is 12.2 Å². The lowest BCUT2D eigenvalue weighted by Crippen LogP contribution is -2.50. The van der Waals surface area contributed by atoms with Crippen molar-refractivity contribution in [2.24, 2.45) is 0 Å². The fourth-order valence-corrected chi connectivity index (χ4v) is 6.67. The second-order valence-corrected chi connectivity index (χ2v) is 13.8. The van der Waals surface area contributed by atoms with E-state index < -0.39 is 34.0 Å². The van der Waals surface area contributed by atoms with Gasteiger partial charge in [-0.2, -0.15) is 0 Å². The van der Waals surface area contributed by atoms with Crippen LogP contribution in [0.1, 0.15) is 29.5 Å². The molecular formula is C32H46Cl2N4O10S. The van der Waals surface area contributed by atoms with E-state index >= 15 is 0 Å². The molecule has 0 bridgehead atoms. The molecule has 274 valence electrons. The number of hydrogen-bond acceptors (Lipinski definition) is 11. The largest absolute Gasteiger partial charge is 0.380 e. The Morgan fingerprint density at radius 1 is 0.878 bits per heavy atom. The topological polar surface area (TPSA) is 185 Å². The zero-order valence-electron chi connectivity index (χ0n) is 27.7. The van der Waals surface area contributed by atoms with Crippen LogP contribution in [0.3, 0.4) is 0 Å². The minimum Gasteiger partial charge on any atom is -0.380 e. The highest BCUT2D eigenvalue weighted by atomic mass is 35.5. The van der Waals surface area contributed by atoms with Crippen LogP contribution in [0.25, 0.3) is 0 Å². The van der Waals surface area contributed by atoms with Gasteiger partial charge in [-0.05, 0) is 54.9 Å². The Balaban J connectivity index is 1.26. The molecule has 49 heavy (non-hydrogen) atoms.